The minimum Gasteiger partial charge on any atom is -0.354 e. The molecule has 10 heteroatoms. The summed E-state index contributed by atoms with van der Waals surface area (Å²) in [6.07, 6.45) is 1.84. The van der Waals surface area contributed by atoms with Gasteiger partial charge in [-0.3, -0.25) is 13.9 Å². The van der Waals surface area contributed by atoms with Crippen LogP contribution in [0.3, 0.4) is 0 Å². The van der Waals surface area contributed by atoms with Gasteiger partial charge < -0.3 is 10.2 Å². The first-order valence-corrected chi connectivity index (χ1v) is 13.8. The number of rotatable bonds is 10. The number of carbonyl (C=O) groups excluding carboxylic acids is 2. The highest BCUT2D eigenvalue weighted by atomic mass is 127. The zero-order valence-corrected chi connectivity index (χ0v) is 22.8. The lowest BCUT2D eigenvalue weighted by molar-refractivity contribution is -0.139. The van der Waals surface area contributed by atoms with Crippen molar-refractivity contribution in [3.8, 4) is 0 Å². The van der Waals surface area contributed by atoms with Crippen molar-refractivity contribution in [2.75, 3.05) is 23.7 Å². The Balaban J connectivity index is 2.34. The van der Waals surface area contributed by atoms with Crippen LogP contribution in [-0.4, -0.2) is 50.5 Å². The van der Waals surface area contributed by atoms with Crippen molar-refractivity contribution in [3.63, 3.8) is 0 Å². The third-order valence-corrected chi connectivity index (χ3v) is 7.16. The molecule has 0 aromatic heterocycles. The molecule has 2 amide bonds. The van der Waals surface area contributed by atoms with E-state index in [0.717, 1.165) is 30.6 Å². The number of hydrogen-bond acceptors (Lipinski definition) is 4. The van der Waals surface area contributed by atoms with Crippen LogP contribution in [0, 0.1) is 3.57 Å². The van der Waals surface area contributed by atoms with Crippen molar-refractivity contribution in [2.24, 2.45) is 0 Å². The van der Waals surface area contributed by atoms with E-state index in [-0.39, 0.29) is 12.5 Å². The minimum atomic E-state index is -3.72. The standard InChI is InChI=1S/C22H27BrIN3O4S/c1-4-13-25-22(29)16(2)26(14-17-5-7-18(23)8-6-17)21(28)15-27(32(3,30)31)20-11-9-19(24)10-12-20/h5-12,16H,4,13-15H2,1-3H3,(H,25,29)/t16-/m0/s1. The molecular formula is C22H27BrIN3O4S. The Morgan fingerprint density at radius 2 is 1.69 bits per heavy atom. The Hall–Kier alpha value is -1.66. The van der Waals surface area contributed by atoms with Crippen LogP contribution in [0.25, 0.3) is 0 Å². The Morgan fingerprint density at radius 1 is 1.09 bits per heavy atom. The smallest absolute Gasteiger partial charge is 0.244 e. The van der Waals surface area contributed by atoms with Gasteiger partial charge in [0.2, 0.25) is 21.8 Å². The first-order valence-electron chi connectivity index (χ1n) is 10.1. The first-order chi connectivity index (χ1) is 15.0. The Kier molecular flexibility index (Phi) is 9.96. The van der Waals surface area contributed by atoms with Crippen LogP contribution in [0.2, 0.25) is 0 Å². The van der Waals surface area contributed by atoms with E-state index in [1.54, 1.807) is 31.2 Å². The molecule has 0 bridgehead atoms. The van der Waals surface area contributed by atoms with Crippen molar-refractivity contribution in [1.82, 2.24) is 10.2 Å². The van der Waals surface area contributed by atoms with E-state index >= 15 is 0 Å². The lowest BCUT2D eigenvalue weighted by Crippen LogP contribution is -2.51. The summed E-state index contributed by atoms with van der Waals surface area (Å²) in [4.78, 5) is 27.4. The highest BCUT2D eigenvalue weighted by molar-refractivity contribution is 14.1. The summed E-state index contributed by atoms with van der Waals surface area (Å²) < 4.78 is 27.9. The van der Waals surface area contributed by atoms with E-state index in [0.29, 0.717) is 12.2 Å². The summed E-state index contributed by atoms with van der Waals surface area (Å²) >= 11 is 5.52. The van der Waals surface area contributed by atoms with Crippen LogP contribution in [0.5, 0.6) is 0 Å². The summed E-state index contributed by atoms with van der Waals surface area (Å²) in [6.45, 7) is 3.87. The fourth-order valence-electron chi connectivity index (χ4n) is 2.99. The molecule has 2 aromatic rings. The zero-order valence-electron chi connectivity index (χ0n) is 18.2. The third kappa shape index (κ3) is 7.73. The van der Waals surface area contributed by atoms with Crippen LogP contribution >= 0.6 is 38.5 Å². The van der Waals surface area contributed by atoms with E-state index in [2.05, 4.69) is 43.8 Å². The maximum atomic E-state index is 13.4. The third-order valence-electron chi connectivity index (χ3n) is 4.78. The summed E-state index contributed by atoms with van der Waals surface area (Å²) in [7, 11) is -3.72. The van der Waals surface area contributed by atoms with Crippen molar-refractivity contribution < 1.29 is 18.0 Å². The average Bonchev–Trinajstić information content (AvgIpc) is 2.74. The number of nitrogens with one attached hydrogen (secondary N) is 1. The molecular weight excluding hydrogens is 609 g/mol. The quantitative estimate of drug-likeness (QED) is 0.403. The molecule has 0 heterocycles. The summed E-state index contributed by atoms with van der Waals surface area (Å²) in [5.74, 6) is -0.742. The van der Waals surface area contributed by atoms with Gasteiger partial charge in [-0.15, -0.1) is 0 Å². The Morgan fingerprint density at radius 3 is 2.22 bits per heavy atom. The van der Waals surface area contributed by atoms with Crippen molar-refractivity contribution in [3.05, 3.63) is 62.1 Å². The average molecular weight is 636 g/mol. The predicted molar refractivity (Wildman–Crippen MR) is 139 cm³/mol. The highest BCUT2D eigenvalue weighted by Gasteiger charge is 2.29. The molecule has 32 heavy (non-hydrogen) atoms. The second-order valence-electron chi connectivity index (χ2n) is 7.36. The topological polar surface area (TPSA) is 86.8 Å². The van der Waals surface area contributed by atoms with Gasteiger partial charge in [-0.05, 0) is 77.9 Å². The predicted octanol–water partition coefficient (Wildman–Crippen LogP) is 3.76. The molecule has 7 nitrogen and oxygen atoms in total. The monoisotopic (exact) mass is 635 g/mol. The molecule has 0 aliphatic carbocycles. The van der Waals surface area contributed by atoms with Gasteiger partial charge in [0.15, 0.2) is 0 Å². The van der Waals surface area contributed by atoms with E-state index in [4.69, 9.17) is 0 Å². The summed E-state index contributed by atoms with van der Waals surface area (Å²) in [5.41, 5.74) is 1.23. The van der Waals surface area contributed by atoms with Gasteiger partial charge in [-0.1, -0.05) is 35.0 Å². The molecule has 1 atom stereocenters. The lowest BCUT2D eigenvalue weighted by Gasteiger charge is -2.31. The van der Waals surface area contributed by atoms with Gasteiger partial charge in [-0.2, -0.15) is 0 Å². The van der Waals surface area contributed by atoms with Crippen molar-refractivity contribution >= 4 is 66.0 Å². The number of amides is 2. The fourth-order valence-corrected chi connectivity index (χ4v) is 4.46. The van der Waals surface area contributed by atoms with E-state index in [9.17, 15) is 18.0 Å². The molecule has 0 saturated carbocycles. The molecule has 2 aromatic carbocycles. The van der Waals surface area contributed by atoms with Crippen molar-refractivity contribution in [1.29, 1.82) is 0 Å². The SMILES string of the molecule is CCCNC(=O)[C@H](C)N(Cc1ccc(Br)cc1)C(=O)CN(c1ccc(I)cc1)S(C)(=O)=O. The summed E-state index contributed by atoms with van der Waals surface area (Å²) in [5, 5.41) is 2.81. The number of hydrogen-bond donors (Lipinski definition) is 1. The van der Waals surface area contributed by atoms with Crippen LogP contribution in [0.1, 0.15) is 25.8 Å². The van der Waals surface area contributed by atoms with E-state index < -0.39 is 28.5 Å². The number of sulfonamides is 1. The number of anilines is 1. The van der Waals surface area contributed by atoms with Gasteiger partial charge in [0.25, 0.3) is 0 Å². The van der Waals surface area contributed by atoms with Gasteiger partial charge in [0.1, 0.15) is 12.6 Å². The lowest BCUT2D eigenvalue weighted by atomic mass is 10.1. The minimum absolute atomic E-state index is 0.178. The van der Waals surface area contributed by atoms with E-state index in [1.807, 2.05) is 31.2 Å². The van der Waals surface area contributed by atoms with Gasteiger partial charge in [0.05, 0.1) is 11.9 Å². The maximum Gasteiger partial charge on any atom is 0.244 e. The normalized spacial score (nSPS) is 12.2. The zero-order chi connectivity index (χ0) is 23.9. The van der Waals surface area contributed by atoms with E-state index in [1.165, 1.54) is 4.90 Å². The Labute approximate surface area is 211 Å². The van der Waals surface area contributed by atoms with Crippen molar-refractivity contribution in [2.45, 2.75) is 32.9 Å². The largest absolute Gasteiger partial charge is 0.354 e. The Bertz CT molecular complexity index is 1030. The molecule has 0 saturated heterocycles. The van der Waals surface area contributed by atoms with Gasteiger partial charge >= 0.3 is 0 Å². The molecule has 0 unspecified atom stereocenters. The second kappa shape index (κ2) is 12.0. The maximum absolute atomic E-state index is 13.4. The van der Waals surface area contributed by atoms with Gasteiger partial charge in [-0.25, -0.2) is 8.42 Å². The fraction of sp³-hybridized carbons (Fsp3) is 0.364. The van der Waals surface area contributed by atoms with Crippen LogP contribution in [-0.2, 0) is 26.2 Å². The number of nitrogens with zero attached hydrogens (tertiary/aromatic N) is 2. The summed E-state index contributed by atoms with van der Waals surface area (Å²) in [6, 6.07) is 13.5. The molecule has 0 fully saturated rings. The highest BCUT2D eigenvalue weighted by Crippen LogP contribution is 2.21. The first kappa shape index (κ1) is 26.6. The number of benzene rings is 2. The molecule has 0 aliphatic heterocycles. The molecule has 0 radical (unpaired) electrons. The molecule has 174 valence electrons. The van der Waals surface area contributed by atoms with Crippen LogP contribution < -0.4 is 9.62 Å². The van der Waals surface area contributed by atoms with Crippen LogP contribution in [0.15, 0.2) is 53.0 Å². The second-order valence-corrected chi connectivity index (χ2v) is 11.4. The molecule has 1 N–H and O–H groups in total. The molecule has 0 aliphatic rings. The molecule has 0 spiro atoms. The van der Waals surface area contributed by atoms with Gasteiger partial charge in [0, 0.05) is 21.1 Å². The number of carbonyl (C=O) groups is 2. The molecule has 2 rings (SSSR count). The number of halogens is 2. The van der Waals surface area contributed by atoms with Crippen LogP contribution in [0.4, 0.5) is 5.69 Å².